The van der Waals surface area contributed by atoms with Crippen molar-refractivity contribution in [2.24, 2.45) is 0 Å². The Bertz CT molecular complexity index is 755. The molecule has 0 bridgehead atoms. The molecular weight excluding hydrogens is 258 g/mol. The molecule has 3 aromatic heterocycles. The Balaban J connectivity index is 2.07. The lowest BCUT2D eigenvalue weighted by Gasteiger charge is -2.12. The van der Waals surface area contributed by atoms with Crippen LogP contribution in [0.25, 0.3) is 11.2 Å². The second-order valence-electron chi connectivity index (χ2n) is 4.76. The van der Waals surface area contributed by atoms with E-state index in [1.807, 2.05) is 24.4 Å². The van der Waals surface area contributed by atoms with Crippen molar-refractivity contribution < 1.29 is 4.42 Å². The number of nitrogens with one attached hydrogen (secondary N) is 1. The Morgan fingerprint density at radius 2 is 2.32 bits per heavy atom. The Morgan fingerprint density at radius 3 is 3.05 bits per heavy atom. The van der Waals surface area contributed by atoms with Gasteiger partial charge in [-0.2, -0.15) is 0 Å². The molecule has 3 heterocycles. The maximum absolute atomic E-state index is 5.42. The first kappa shape index (κ1) is 12.2. The topological polar surface area (TPSA) is 46.8 Å². The number of nitrogens with zero attached hydrogens (tertiary/aromatic N) is 2. The molecule has 0 spiro atoms. The SMILES string of the molecule is Cc1ccnc2c1[nH]c(=S)n2C(C)Cc1ccco1. The van der Waals surface area contributed by atoms with Gasteiger partial charge in [0.1, 0.15) is 5.76 Å². The second kappa shape index (κ2) is 4.66. The van der Waals surface area contributed by atoms with Gasteiger partial charge in [0, 0.05) is 18.7 Å². The van der Waals surface area contributed by atoms with Crippen LogP contribution in [0.5, 0.6) is 0 Å². The van der Waals surface area contributed by atoms with Crippen LogP contribution in [0, 0.1) is 11.7 Å². The molecule has 0 saturated heterocycles. The first-order valence-electron chi connectivity index (χ1n) is 6.25. The van der Waals surface area contributed by atoms with Crippen LogP contribution in [0.1, 0.15) is 24.3 Å². The molecule has 5 heteroatoms. The van der Waals surface area contributed by atoms with E-state index in [9.17, 15) is 0 Å². The van der Waals surface area contributed by atoms with Crippen molar-refractivity contribution in [2.75, 3.05) is 0 Å². The molecule has 3 rings (SSSR count). The lowest BCUT2D eigenvalue weighted by Crippen LogP contribution is -2.08. The van der Waals surface area contributed by atoms with Crippen molar-refractivity contribution in [3.05, 3.63) is 46.8 Å². The average molecular weight is 273 g/mol. The van der Waals surface area contributed by atoms with Crippen LogP contribution in [0.15, 0.2) is 35.1 Å². The van der Waals surface area contributed by atoms with Crippen LogP contribution in [0.3, 0.4) is 0 Å². The molecule has 19 heavy (non-hydrogen) atoms. The summed E-state index contributed by atoms with van der Waals surface area (Å²) in [6, 6.07) is 6.06. The summed E-state index contributed by atoms with van der Waals surface area (Å²) in [5.41, 5.74) is 3.07. The number of hydrogen-bond acceptors (Lipinski definition) is 3. The summed E-state index contributed by atoms with van der Waals surface area (Å²) in [4.78, 5) is 7.69. The normalized spacial score (nSPS) is 12.9. The summed E-state index contributed by atoms with van der Waals surface area (Å²) in [7, 11) is 0. The molecule has 1 N–H and O–H groups in total. The van der Waals surface area contributed by atoms with Crippen molar-refractivity contribution >= 4 is 23.4 Å². The molecule has 0 radical (unpaired) electrons. The zero-order chi connectivity index (χ0) is 13.4. The van der Waals surface area contributed by atoms with Gasteiger partial charge in [0.2, 0.25) is 0 Å². The molecule has 0 fully saturated rings. The van der Waals surface area contributed by atoms with E-state index in [4.69, 9.17) is 16.6 Å². The van der Waals surface area contributed by atoms with Crippen molar-refractivity contribution in [2.45, 2.75) is 26.3 Å². The van der Waals surface area contributed by atoms with Crippen molar-refractivity contribution in [1.29, 1.82) is 0 Å². The third kappa shape index (κ3) is 2.10. The quantitative estimate of drug-likeness (QED) is 0.738. The summed E-state index contributed by atoms with van der Waals surface area (Å²) in [5, 5.41) is 0. The monoisotopic (exact) mass is 273 g/mol. The number of aromatic nitrogens is 3. The summed E-state index contributed by atoms with van der Waals surface area (Å²) < 4.78 is 8.16. The van der Waals surface area contributed by atoms with Crippen LogP contribution in [-0.4, -0.2) is 14.5 Å². The third-order valence-corrected chi connectivity index (χ3v) is 3.63. The highest BCUT2D eigenvalue weighted by Gasteiger charge is 2.14. The van der Waals surface area contributed by atoms with Gasteiger partial charge in [-0.25, -0.2) is 4.98 Å². The minimum atomic E-state index is 0.196. The van der Waals surface area contributed by atoms with Gasteiger partial charge in [-0.05, 0) is 49.8 Å². The first-order valence-corrected chi connectivity index (χ1v) is 6.66. The van der Waals surface area contributed by atoms with E-state index in [-0.39, 0.29) is 6.04 Å². The van der Waals surface area contributed by atoms with E-state index < -0.39 is 0 Å². The van der Waals surface area contributed by atoms with E-state index in [0.717, 1.165) is 28.9 Å². The van der Waals surface area contributed by atoms with Gasteiger partial charge < -0.3 is 9.40 Å². The smallest absolute Gasteiger partial charge is 0.179 e. The zero-order valence-corrected chi connectivity index (χ0v) is 11.7. The molecule has 0 aliphatic heterocycles. The molecule has 1 atom stereocenters. The molecule has 0 amide bonds. The van der Waals surface area contributed by atoms with Gasteiger partial charge in [-0.1, -0.05) is 0 Å². The molecule has 4 nitrogen and oxygen atoms in total. The number of aromatic amines is 1. The fourth-order valence-electron chi connectivity index (χ4n) is 2.36. The Kier molecular flexibility index (Phi) is 2.98. The largest absolute Gasteiger partial charge is 0.469 e. The number of furan rings is 1. The Labute approximate surface area is 116 Å². The van der Waals surface area contributed by atoms with Gasteiger partial charge in [0.15, 0.2) is 10.4 Å². The summed E-state index contributed by atoms with van der Waals surface area (Å²) >= 11 is 5.42. The summed E-state index contributed by atoms with van der Waals surface area (Å²) in [6.45, 7) is 4.17. The number of pyridine rings is 1. The predicted octanol–water partition coefficient (Wildman–Crippen LogP) is 3.80. The molecule has 0 saturated carbocycles. The number of hydrogen-bond donors (Lipinski definition) is 1. The first-order chi connectivity index (χ1) is 9.16. The van der Waals surface area contributed by atoms with Crippen molar-refractivity contribution in [1.82, 2.24) is 14.5 Å². The molecule has 1 unspecified atom stereocenters. The van der Waals surface area contributed by atoms with Gasteiger partial charge >= 0.3 is 0 Å². The van der Waals surface area contributed by atoms with E-state index >= 15 is 0 Å². The highest BCUT2D eigenvalue weighted by molar-refractivity contribution is 7.71. The lowest BCUT2D eigenvalue weighted by molar-refractivity contribution is 0.451. The summed E-state index contributed by atoms with van der Waals surface area (Å²) in [6.07, 6.45) is 4.30. The highest BCUT2D eigenvalue weighted by atomic mass is 32.1. The maximum atomic E-state index is 5.42. The third-order valence-electron chi connectivity index (χ3n) is 3.34. The van der Waals surface area contributed by atoms with E-state index in [0.29, 0.717) is 4.77 Å². The fraction of sp³-hybridized carbons (Fsp3) is 0.286. The van der Waals surface area contributed by atoms with Crippen molar-refractivity contribution in [3.8, 4) is 0 Å². The highest BCUT2D eigenvalue weighted by Crippen LogP contribution is 2.22. The summed E-state index contributed by atoms with van der Waals surface area (Å²) in [5.74, 6) is 0.955. The molecule has 0 aliphatic rings. The van der Waals surface area contributed by atoms with Gasteiger partial charge in [0.25, 0.3) is 0 Å². The maximum Gasteiger partial charge on any atom is 0.179 e. The number of H-pyrrole nitrogens is 1. The minimum Gasteiger partial charge on any atom is -0.469 e. The number of imidazole rings is 1. The number of rotatable bonds is 3. The van der Waals surface area contributed by atoms with Crippen LogP contribution in [0.2, 0.25) is 0 Å². The molecule has 0 aromatic carbocycles. The lowest BCUT2D eigenvalue weighted by atomic mass is 10.2. The van der Waals surface area contributed by atoms with E-state index in [2.05, 4.69) is 28.4 Å². The van der Waals surface area contributed by atoms with Crippen LogP contribution in [0.4, 0.5) is 0 Å². The van der Waals surface area contributed by atoms with Crippen LogP contribution < -0.4 is 0 Å². The van der Waals surface area contributed by atoms with Gasteiger partial charge in [0.05, 0.1) is 11.8 Å². The van der Waals surface area contributed by atoms with Crippen molar-refractivity contribution in [3.63, 3.8) is 0 Å². The number of aryl methyl sites for hydroxylation is 1. The van der Waals surface area contributed by atoms with E-state index in [1.165, 1.54) is 0 Å². The molecule has 0 aliphatic carbocycles. The molecule has 98 valence electrons. The van der Waals surface area contributed by atoms with Gasteiger partial charge in [-0.15, -0.1) is 0 Å². The predicted molar refractivity (Wildman–Crippen MR) is 76.8 cm³/mol. The Morgan fingerprint density at radius 1 is 1.47 bits per heavy atom. The Hall–Kier alpha value is -1.88. The number of fused-ring (bicyclic) bond motifs is 1. The van der Waals surface area contributed by atoms with Crippen LogP contribution >= 0.6 is 12.2 Å². The molecule has 3 aromatic rings. The second-order valence-corrected chi connectivity index (χ2v) is 5.15. The van der Waals surface area contributed by atoms with E-state index in [1.54, 1.807) is 6.26 Å². The zero-order valence-electron chi connectivity index (χ0n) is 10.9. The molecular formula is C14H15N3OS. The average Bonchev–Trinajstić information content (AvgIpc) is 2.96. The fourth-order valence-corrected chi connectivity index (χ4v) is 2.73. The standard InChI is InChI=1S/C14H15N3OS/c1-9-5-6-15-13-12(9)16-14(19)17(13)10(2)8-11-4-3-7-18-11/h3-7,10H,8H2,1-2H3,(H,16,19). The van der Waals surface area contributed by atoms with Gasteiger partial charge in [-0.3, -0.25) is 4.57 Å². The van der Waals surface area contributed by atoms with Crippen LogP contribution in [-0.2, 0) is 6.42 Å². The minimum absolute atomic E-state index is 0.196.